The lowest BCUT2D eigenvalue weighted by atomic mass is 10.1. The van der Waals surface area contributed by atoms with Gasteiger partial charge in [-0.05, 0) is 48.9 Å². The average Bonchev–Trinajstić information content (AvgIpc) is 3.08. The molecule has 1 amide bonds. The van der Waals surface area contributed by atoms with Crippen LogP contribution in [-0.4, -0.2) is 31.9 Å². The number of tetrazole rings is 1. The summed E-state index contributed by atoms with van der Waals surface area (Å²) < 4.78 is 28.4. The molecule has 0 fully saturated rings. The maximum atomic E-state index is 13.8. The van der Waals surface area contributed by atoms with E-state index in [1.165, 1.54) is 17.8 Å². The fraction of sp³-hybridized carbons (Fsp3) is 0.263. The molecule has 28 heavy (non-hydrogen) atoms. The van der Waals surface area contributed by atoms with Crippen molar-refractivity contribution in [2.24, 2.45) is 0 Å². The Morgan fingerprint density at radius 3 is 2.71 bits per heavy atom. The van der Waals surface area contributed by atoms with Gasteiger partial charge in [0.25, 0.3) is 0 Å². The monoisotopic (exact) mass is 403 g/mol. The molecule has 1 atom stereocenters. The van der Waals surface area contributed by atoms with Gasteiger partial charge in [0.05, 0.1) is 17.5 Å². The number of aryl methyl sites for hydroxylation is 2. The van der Waals surface area contributed by atoms with E-state index < -0.39 is 17.7 Å². The Bertz CT molecular complexity index is 1010. The predicted octanol–water partition coefficient (Wildman–Crippen LogP) is 3.53. The molecular weight excluding hydrogens is 384 g/mol. The molecule has 9 heteroatoms. The van der Waals surface area contributed by atoms with Crippen LogP contribution in [0.25, 0.3) is 5.69 Å². The molecule has 0 unspecified atom stereocenters. The van der Waals surface area contributed by atoms with Crippen LogP contribution in [0, 0.1) is 25.5 Å². The molecule has 3 rings (SSSR count). The first-order valence-electron chi connectivity index (χ1n) is 8.58. The van der Waals surface area contributed by atoms with Crippen molar-refractivity contribution in [3.05, 3.63) is 64.7 Å². The third-order valence-corrected chi connectivity index (χ3v) is 5.08. The summed E-state index contributed by atoms with van der Waals surface area (Å²) in [4.78, 5) is 12.3. The normalized spacial score (nSPS) is 12.0. The fourth-order valence-electron chi connectivity index (χ4n) is 2.81. The summed E-state index contributed by atoms with van der Waals surface area (Å²) in [5.74, 6) is -1.61. The molecule has 0 saturated carbocycles. The number of rotatable bonds is 6. The van der Waals surface area contributed by atoms with Gasteiger partial charge < -0.3 is 5.32 Å². The molecule has 1 N–H and O–H groups in total. The van der Waals surface area contributed by atoms with Crippen molar-refractivity contribution in [1.29, 1.82) is 0 Å². The molecule has 146 valence electrons. The smallest absolute Gasteiger partial charge is 0.230 e. The number of halogens is 2. The molecule has 0 bridgehead atoms. The maximum absolute atomic E-state index is 13.8. The first-order valence-corrected chi connectivity index (χ1v) is 9.57. The van der Waals surface area contributed by atoms with E-state index in [-0.39, 0.29) is 17.2 Å². The third-order valence-electron chi connectivity index (χ3n) is 4.16. The molecule has 0 aliphatic heterocycles. The second kappa shape index (κ2) is 8.47. The zero-order valence-corrected chi connectivity index (χ0v) is 16.4. The SMILES string of the molecule is Cc1ccc(-n2nnnc2SCC(=O)N[C@H](C)c2ccc(F)cc2F)c(C)c1. The molecule has 1 aromatic heterocycles. The summed E-state index contributed by atoms with van der Waals surface area (Å²) >= 11 is 1.17. The molecule has 0 aliphatic carbocycles. The summed E-state index contributed by atoms with van der Waals surface area (Å²) in [6, 6.07) is 8.59. The average molecular weight is 403 g/mol. The zero-order chi connectivity index (χ0) is 20.3. The minimum absolute atomic E-state index is 0.0540. The lowest BCUT2D eigenvalue weighted by Gasteiger charge is -2.15. The summed E-state index contributed by atoms with van der Waals surface area (Å²) in [5.41, 5.74) is 3.20. The number of amides is 1. The number of nitrogens with one attached hydrogen (secondary N) is 1. The highest BCUT2D eigenvalue weighted by atomic mass is 32.2. The van der Waals surface area contributed by atoms with Gasteiger partial charge in [0.2, 0.25) is 11.1 Å². The maximum Gasteiger partial charge on any atom is 0.230 e. The van der Waals surface area contributed by atoms with E-state index >= 15 is 0 Å². The van der Waals surface area contributed by atoms with Gasteiger partial charge >= 0.3 is 0 Å². The van der Waals surface area contributed by atoms with E-state index in [1.54, 1.807) is 11.6 Å². The molecule has 0 saturated heterocycles. The van der Waals surface area contributed by atoms with E-state index in [4.69, 9.17) is 0 Å². The van der Waals surface area contributed by atoms with Gasteiger partial charge in [0, 0.05) is 11.6 Å². The van der Waals surface area contributed by atoms with E-state index in [2.05, 4.69) is 20.8 Å². The van der Waals surface area contributed by atoms with Gasteiger partial charge in [-0.2, -0.15) is 4.68 Å². The summed E-state index contributed by atoms with van der Waals surface area (Å²) in [5, 5.41) is 14.8. The highest BCUT2D eigenvalue weighted by Crippen LogP contribution is 2.22. The Labute approximate surface area is 165 Å². The van der Waals surface area contributed by atoms with Gasteiger partial charge in [-0.1, -0.05) is 35.5 Å². The van der Waals surface area contributed by atoms with Crippen LogP contribution in [-0.2, 0) is 4.79 Å². The standard InChI is InChI=1S/C19H19F2N5OS/c1-11-4-7-17(12(2)8-11)26-19(23-24-25-26)28-10-18(27)22-13(3)15-6-5-14(20)9-16(15)21/h4-9,13H,10H2,1-3H3,(H,22,27)/t13-/m1/s1. The fourth-order valence-corrected chi connectivity index (χ4v) is 3.50. The lowest BCUT2D eigenvalue weighted by Crippen LogP contribution is -2.28. The van der Waals surface area contributed by atoms with E-state index in [0.717, 1.165) is 28.9 Å². The number of hydrogen-bond acceptors (Lipinski definition) is 5. The van der Waals surface area contributed by atoms with Crippen LogP contribution in [0.5, 0.6) is 0 Å². The summed E-state index contributed by atoms with van der Waals surface area (Å²) in [7, 11) is 0. The van der Waals surface area contributed by atoms with Gasteiger partial charge in [0.1, 0.15) is 11.6 Å². The largest absolute Gasteiger partial charge is 0.349 e. The zero-order valence-electron chi connectivity index (χ0n) is 15.6. The lowest BCUT2D eigenvalue weighted by molar-refractivity contribution is -0.119. The number of aromatic nitrogens is 4. The molecular formula is C19H19F2N5OS. The quantitative estimate of drug-likeness (QED) is 0.638. The molecule has 1 heterocycles. The van der Waals surface area contributed by atoms with E-state index in [1.807, 2.05) is 32.0 Å². The number of hydrogen-bond donors (Lipinski definition) is 1. The Morgan fingerprint density at radius 2 is 2.00 bits per heavy atom. The van der Waals surface area contributed by atoms with Crippen LogP contribution in [0.2, 0.25) is 0 Å². The Balaban J connectivity index is 1.65. The van der Waals surface area contributed by atoms with Crippen LogP contribution >= 0.6 is 11.8 Å². The highest BCUT2D eigenvalue weighted by molar-refractivity contribution is 7.99. The van der Waals surface area contributed by atoms with Gasteiger partial charge in [-0.3, -0.25) is 4.79 Å². The van der Waals surface area contributed by atoms with Crippen LogP contribution in [0.15, 0.2) is 41.6 Å². The minimum atomic E-state index is -0.695. The highest BCUT2D eigenvalue weighted by Gasteiger charge is 2.17. The number of carbonyl (C=O) groups excluding carboxylic acids is 1. The van der Waals surface area contributed by atoms with E-state index in [9.17, 15) is 13.6 Å². The van der Waals surface area contributed by atoms with Crippen molar-refractivity contribution in [1.82, 2.24) is 25.5 Å². The molecule has 0 spiro atoms. The van der Waals surface area contributed by atoms with Gasteiger partial charge in [-0.15, -0.1) is 5.10 Å². The first kappa shape index (κ1) is 19.9. The van der Waals surface area contributed by atoms with E-state index in [0.29, 0.717) is 5.16 Å². The third kappa shape index (κ3) is 4.53. The number of nitrogens with zero attached hydrogens (tertiary/aromatic N) is 4. The van der Waals surface area contributed by atoms with Crippen molar-refractivity contribution < 1.29 is 13.6 Å². The molecule has 0 radical (unpaired) electrons. The van der Waals surface area contributed by atoms with Crippen LogP contribution < -0.4 is 5.32 Å². The molecule has 2 aromatic carbocycles. The second-order valence-corrected chi connectivity index (χ2v) is 7.35. The van der Waals surface area contributed by atoms with Gasteiger partial charge in [0.15, 0.2) is 0 Å². The number of benzene rings is 2. The first-order chi connectivity index (χ1) is 13.3. The predicted molar refractivity (Wildman–Crippen MR) is 102 cm³/mol. The summed E-state index contributed by atoms with van der Waals surface area (Å²) in [6.45, 7) is 5.60. The second-order valence-electron chi connectivity index (χ2n) is 6.41. The van der Waals surface area contributed by atoms with Crippen LogP contribution in [0.4, 0.5) is 8.78 Å². The van der Waals surface area contributed by atoms with Crippen molar-refractivity contribution in [3.63, 3.8) is 0 Å². The van der Waals surface area contributed by atoms with Crippen LogP contribution in [0.1, 0.15) is 29.7 Å². The summed E-state index contributed by atoms with van der Waals surface area (Å²) in [6.07, 6.45) is 0. The minimum Gasteiger partial charge on any atom is -0.349 e. The number of carbonyl (C=O) groups is 1. The van der Waals surface area contributed by atoms with Gasteiger partial charge in [-0.25, -0.2) is 8.78 Å². The van der Waals surface area contributed by atoms with Crippen molar-refractivity contribution in [2.45, 2.75) is 32.0 Å². The van der Waals surface area contributed by atoms with Crippen molar-refractivity contribution in [2.75, 3.05) is 5.75 Å². The van der Waals surface area contributed by atoms with Crippen molar-refractivity contribution >= 4 is 17.7 Å². The van der Waals surface area contributed by atoms with Crippen molar-refractivity contribution in [3.8, 4) is 5.69 Å². The van der Waals surface area contributed by atoms with Crippen LogP contribution in [0.3, 0.4) is 0 Å². The Kier molecular flexibility index (Phi) is 6.03. The number of thioether (sulfide) groups is 1. The Morgan fingerprint density at radius 1 is 1.21 bits per heavy atom. The Hall–Kier alpha value is -2.81. The molecule has 0 aliphatic rings. The molecule has 3 aromatic rings. The molecule has 6 nitrogen and oxygen atoms in total. The topological polar surface area (TPSA) is 72.7 Å².